The largest absolute Gasteiger partial charge is 0.497 e. The molecule has 1 aromatic carbocycles. The average molecular weight is 288 g/mol. The minimum absolute atomic E-state index is 0.0771. The zero-order chi connectivity index (χ0) is 15.2. The van der Waals surface area contributed by atoms with Crippen molar-refractivity contribution in [3.63, 3.8) is 0 Å². The summed E-state index contributed by atoms with van der Waals surface area (Å²) in [6, 6.07) is 7.76. The Morgan fingerprint density at radius 3 is 2.62 bits per heavy atom. The molecule has 0 saturated carbocycles. The lowest BCUT2D eigenvalue weighted by molar-refractivity contribution is -0.130. The molecule has 21 heavy (non-hydrogen) atoms. The van der Waals surface area contributed by atoms with Crippen LogP contribution in [0.5, 0.6) is 5.75 Å². The fraction of sp³-hybridized carbons (Fsp3) is 0.400. The summed E-state index contributed by atoms with van der Waals surface area (Å²) in [7, 11) is 3.40. The summed E-state index contributed by atoms with van der Waals surface area (Å²) >= 11 is 0. The van der Waals surface area contributed by atoms with Crippen molar-refractivity contribution in [1.82, 2.24) is 20.1 Å². The van der Waals surface area contributed by atoms with Gasteiger partial charge in [-0.3, -0.25) is 9.89 Å². The van der Waals surface area contributed by atoms with E-state index in [9.17, 15) is 4.79 Å². The minimum Gasteiger partial charge on any atom is -0.497 e. The van der Waals surface area contributed by atoms with E-state index < -0.39 is 0 Å². The molecule has 0 aliphatic heterocycles. The molecule has 0 aliphatic carbocycles. The number of aromatic amines is 1. The first-order valence-electron chi connectivity index (χ1n) is 6.83. The zero-order valence-electron chi connectivity index (χ0n) is 12.6. The van der Waals surface area contributed by atoms with Crippen LogP contribution in [0.2, 0.25) is 0 Å². The van der Waals surface area contributed by atoms with Crippen LogP contribution in [0.4, 0.5) is 0 Å². The maximum Gasteiger partial charge on any atom is 0.223 e. The summed E-state index contributed by atoms with van der Waals surface area (Å²) in [4.78, 5) is 17.9. The van der Waals surface area contributed by atoms with Crippen molar-refractivity contribution in [1.29, 1.82) is 0 Å². The van der Waals surface area contributed by atoms with Gasteiger partial charge in [-0.2, -0.15) is 5.10 Å². The molecule has 0 fully saturated rings. The summed E-state index contributed by atoms with van der Waals surface area (Å²) < 4.78 is 5.11. The quantitative estimate of drug-likeness (QED) is 0.878. The normalized spacial score (nSPS) is 10.4. The lowest BCUT2D eigenvalue weighted by atomic mass is 10.1. The van der Waals surface area contributed by atoms with Crippen LogP contribution in [-0.4, -0.2) is 40.1 Å². The second kappa shape index (κ2) is 6.88. The number of ether oxygens (including phenoxy) is 1. The Bertz CT molecular complexity index is 592. The average Bonchev–Trinajstić information content (AvgIpc) is 2.90. The maximum absolute atomic E-state index is 12.1. The second-order valence-corrected chi connectivity index (χ2v) is 4.93. The molecule has 1 N–H and O–H groups in total. The number of aryl methyl sites for hydroxylation is 2. The molecule has 6 nitrogen and oxygen atoms in total. The van der Waals surface area contributed by atoms with Crippen LogP contribution in [0.25, 0.3) is 0 Å². The fourth-order valence-electron chi connectivity index (χ4n) is 1.99. The molecule has 1 aromatic heterocycles. The van der Waals surface area contributed by atoms with Gasteiger partial charge in [0.05, 0.1) is 13.7 Å². The molecular weight excluding hydrogens is 268 g/mol. The summed E-state index contributed by atoms with van der Waals surface area (Å²) in [5.74, 6) is 2.28. The van der Waals surface area contributed by atoms with E-state index in [0.29, 0.717) is 25.2 Å². The molecule has 0 bridgehead atoms. The SMILES string of the molecule is COc1ccc(CCC(=O)N(C)Cc2n[nH]c(C)n2)cc1. The number of methoxy groups -OCH3 is 1. The van der Waals surface area contributed by atoms with Crippen molar-refractivity contribution in [2.45, 2.75) is 26.3 Å². The van der Waals surface area contributed by atoms with Crippen molar-refractivity contribution in [3.05, 3.63) is 41.5 Å². The van der Waals surface area contributed by atoms with Gasteiger partial charge in [-0.15, -0.1) is 0 Å². The van der Waals surface area contributed by atoms with Gasteiger partial charge < -0.3 is 9.64 Å². The zero-order valence-corrected chi connectivity index (χ0v) is 12.6. The number of carbonyl (C=O) groups excluding carboxylic acids is 1. The van der Waals surface area contributed by atoms with Crippen molar-refractivity contribution in [2.75, 3.05) is 14.2 Å². The Hall–Kier alpha value is -2.37. The Labute approximate surface area is 124 Å². The first-order chi connectivity index (χ1) is 10.1. The number of amides is 1. The van der Waals surface area contributed by atoms with Crippen LogP contribution < -0.4 is 4.74 Å². The predicted molar refractivity (Wildman–Crippen MR) is 78.9 cm³/mol. The van der Waals surface area contributed by atoms with Crippen molar-refractivity contribution < 1.29 is 9.53 Å². The molecule has 2 rings (SSSR count). The molecule has 112 valence electrons. The number of carbonyl (C=O) groups is 1. The number of rotatable bonds is 6. The number of benzene rings is 1. The smallest absolute Gasteiger partial charge is 0.223 e. The van der Waals surface area contributed by atoms with E-state index in [4.69, 9.17) is 4.74 Å². The van der Waals surface area contributed by atoms with Gasteiger partial charge in [-0.05, 0) is 31.0 Å². The van der Waals surface area contributed by atoms with E-state index in [2.05, 4.69) is 15.2 Å². The first kappa shape index (κ1) is 15.0. The van der Waals surface area contributed by atoms with Gasteiger partial charge in [0.1, 0.15) is 11.6 Å². The van der Waals surface area contributed by atoms with Gasteiger partial charge in [0.15, 0.2) is 5.82 Å². The van der Waals surface area contributed by atoms with Crippen molar-refractivity contribution in [2.24, 2.45) is 0 Å². The molecule has 1 heterocycles. The van der Waals surface area contributed by atoms with Crippen LogP contribution in [0.3, 0.4) is 0 Å². The van der Waals surface area contributed by atoms with E-state index in [1.807, 2.05) is 31.2 Å². The van der Waals surface area contributed by atoms with Gasteiger partial charge in [0.25, 0.3) is 0 Å². The highest BCUT2D eigenvalue weighted by Crippen LogP contribution is 2.13. The molecule has 0 atom stereocenters. The number of nitrogens with zero attached hydrogens (tertiary/aromatic N) is 3. The highest BCUT2D eigenvalue weighted by atomic mass is 16.5. The van der Waals surface area contributed by atoms with E-state index in [0.717, 1.165) is 17.1 Å². The third kappa shape index (κ3) is 4.30. The summed E-state index contributed by atoms with van der Waals surface area (Å²) in [5.41, 5.74) is 1.12. The lowest BCUT2D eigenvalue weighted by Crippen LogP contribution is -2.26. The summed E-state index contributed by atoms with van der Waals surface area (Å²) in [6.45, 7) is 2.26. The lowest BCUT2D eigenvalue weighted by Gasteiger charge is -2.15. The van der Waals surface area contributed by atoms with Crippen LogP contribution >= 0.6 is 0 Å². The topological polar surface area (TPSA) is 71.1 Å². The van der Waals surface area contributed by atoms with Gasteiger partial charge in [0, 0.05) is 13.5 Å². The van der Waals surface area contributed by atoms with E-state index in [-0.39, 0.29) is 5.91 Å². The van der Waals surface area contributed by atoms with E-state index in [1.54, 1.807) is 19.1 Å². The predicted octanol–water partition coefficient (Wildman–Crippen LogP) is 1.71. The third-order valence-corrected chi connectivity index (χ3v) is 3.23. The molecule has 2 aromatic rings. The third-order valence-electron chi connectivity index (χ3n) is 3.23. The van der Waals surface area contributed by atoms with Crippen LogP contribution in [0.1, 0.15) is 23.6 Å². The Balaban J connectivity index is 1.82. The van der Waals surface area contributed by atoms with Crippen molar-refractivity contribution in [3.8, 4) is 5.75 Å². The molecule has 6 heteroatoms. The fourth-order valence-corrected chi connectivity index (χ4v) is 1.99. The Kier molecular flexibility index (Phi) is 4.92. The molecule has 1 amide bonds. The van der Waals surface area contributed by atoms with Gasteiger partial charge in [-0.1, -0.05) is 12.1 Å². The number of H-pyrrole nitrogens is 1. The first-order valence-corrected chi connectivity index (χ1v) is 6.83. The molecule has 0 unspecified atom stereocenters. The second-order valence-electron chi connectivity index (χ2n) is 4.93. The van der Waals surface area contributed by atoms with Crippen LogP contribution in [0.15, 0.2) is 24.3 Å². The molecule has 0 spiro atoms. The highest BCUT2D eigenvalue weighted by molar-refractivity contribution is 5.76. The van der Waals surface area contributed by atoms with Gasteiger partial charge >= 0.3 is 0 Å². The number of hydrogen-bond donors (Lipinski definition) is 1. The van der Waals surface area contributed by atoms with Crippen LogP contribution in [0, 0.1) is 6.92 Å². The highest BCUT2D eigenvalue weighted by Gasteiger charge is 2.11. The van der Waals surface area contributed by atoms with Crippen molar-refractivity contribution >= 4 is 5.91 Å². The molecule has 0 radical (unpaired) electrons. The molecule has 0 aliphatic rings. The standard InChI is InChI=1S/C15H20N4O2/c1-11-16-14(18-17-11)10-19(2)15(20)9-6-12-4-7-13(21-3)8-5-12/h4-5,7-8H,6,9-10H2,1-3H3,(H,16,17,18). The van der Waals surface area contributed by atoms with E-state index >= 15 is 0 Å². The Morgan fingerprint density at radius 2 is 2.05 bits per heavy atom. The summed E-state index contributed by atoms with van der Waals surface area (Å²) in [6.07, 6.45) is 1.17. The summed E-state index contributed by atoms with van der Waals surface area (Å²) in [5, 5.41) is 6.80. The number of hydrogen-bond acceptors (Lipinski definition) is 4. The van der Waals surface area contributed by atoms with Crippen LogP contribution in [-0.2, 0) is 17.8 Å². The molecular formula is C15H20N4O2. The van der Waals surface area contributed by atoms with Gasteiger partial charge in [-0.25, -0.2) is 4.98 Å². The monoisotopic (exact) mass is 288 g/mol. The number of aromatic nitrogens is 3. The number of nitrogens with one attached hydrogen (secondary N) is 1. The maximum atomic E-state index is 12.1. The minimum atomic E-state index is 0.0771. The van der Waals surface area contributed by atoms with E-state index in [1.165, 1.54) is 0 Å². The molecule has 0 saturated heterocycles. The Morgan fingerprint density at radius 1 is 1.33 bits per heavy atom. The van der Waals surface area contributed by atoms with Gasteiger partial charge in [0.2, 0.25) is 5.91 Å².